The highest BCUT2D eigenvalue weighted by molar-refractivity contribution is 6.32. The number of halogens is 1. The molecule has 0 atom stereocenters. The first-order valence-corrected chi connectivity index (χ1v) is 9.26. The molecular formula is C21H19ClN2O5. The number of anilines is 1. The molecule has 7 nitrogen and oxygen atoms in total. The molecule has 1 heterocycles. The molecule has 3 rings (SSSR count). The summed E-state index contributed by atoms with van der Waals surface area (Å²) >= 11 is 6.23. The summed E-state index contributed by atoms with van der Waals surface area (Å²) in [5.74, 6) is 1.42. The second-order valence-corrected chi connectivity index (χ2v) is 6.36. The number of methoxy groups -OCH3 is 1. The van der Waals surface area contributed by atoms with E-state index in [1.54, 1.807) is 30.3 Å². The third-order valence-corrected chi connectivity index (χ3v) is 4.29. The van der Waals surface area contributed by atoms with Crippen molar-refractivity contribution in [1.29, 1.82) is 5.26 Å². The van der Waals surface area contributed by atoms with Gasteiger partial charge in [-0.1, -0.05) is 11.6 Å². The predicted octanol–water partition coefficient (Wildman–Crippen LogP) is 4.06. The maximum Gasteiger partial charge on any atom is 0.266 e. The number of fused-ring (bicyclic) bond motifs is 1. The van der Waals surface area contributed by atoms with Crippen LogP contribution in [0, 0.1) is 11.3 Å². The summed E-state index contributed by atoms with van der Waals surface area (Å²) in [5, 5.41) is 12.5. The van der Waals surface area contributed by atoms with Crippen molar-refractivity contribution >= 4 is 29.3 Å². The van der Waals surface area contributed by atoms with E-state index in [4.69, 9.17) is 30.5 Å². The van der Waals surface area contributed by atoms with Crippen molar-refractivity contribution in [3.63, 3.8) is 0 Å². The van der Waals surface area contributed by atoms with Crippen molar-refractivity contribution in [1.82, 2.24) is 0 Å². The fourth-order valence-corrected chi connectivity index (χ4v) is 3.06. The molecular weight excluding hydrogens is 396 g/mol. The van der Waals surface area contributed by atoms with Gasteiger partial charge in [-0.3, -0.25) is 4.79 Å². The van der Waals surface area contributed by atoms with Gasteiger partial charge in [0.2, 0.25) is 0 Å². The average Bonchev–Trinajstić information content (AvgIpc) is 2.72. The Morgan fingerprint density at radius 2 is 2.03 bits per heavy atom. The number of nitrogens with one attached hydrogen (secondary N) is 1. The molecule has 1 amide bonds. The topological polar surface area (TPSA) is 89.8 Å². The van der Waals surface area contributed by atoms with E-state index in [1.807, 2.05) is 13.0 Å². The number of carbonyl (C=O) groups is 1. The van der Waals surface area contributed by atoms with Crippen molar-refractivity contribution in [3.05, 3.63) is 46.5 Å². The Labute approximate surface area is 173 Å². The molecule has 0 aliphatic carbocycles. The molecule has 0 fully saturated rings. The monoisotopic (exact) mass is 414 g/mol. The van der Waals surface area contributed by atoms with Crippen LogP contribution >= 0.6 is 11.6 Å². The highest BCUT2D eigenvalue weighted by Crippen LogP contribution is 2.37. The Morgan fingerprint density at radius 3 is 2.72 bits per heavy atom. The van der Waals surface area contributed by atoms with Crippen molar-refractivity contribution < 1.29 is 23.7 Å². The predicted molar refractivity (Wildman–Crippen MR) is 109 cm³/mol. The number of carbonyl (C=O) groups excluding carboxylic acids is 1. The molecule has 1 aliphatic heterocycles. The highest BCUT2D eigenvalue weighted by atomic mass is 35.5. The molecule has 1 aliphatic rings. The molecule has 150 valence electrons. The van der Waals surface area contributed by atoms with Gasteiger partial charge >= 0.3 is 0 Å². The molecule has 0 bridgehead atoms. The van der Waals surface area contributed by atoms with E-state index in [0.717, 1.165) is 0 Å². The zero-order valence-electron chi connectivity index (χ0n) is 16.0. The summed E-state index contributed by atoms with van der Waals surface area (Å²) in [6.07, 6.45) is 1.43. The number of rotatable bonds is 6. The van der Waals surface area contributed by atoms with Crippen LogP contribution in [0.2, 0.25) is 5.02 Å². The Bertz CT molecular complexity index is 997. The van der Waals surface area contributed by atoms with E-state index < -0.39 is 5.91 Å². The quantitative estimate of drug-likeness (QED) is 0.566. The van der Waals surface area contributed by atoms with Crippen LogP contribution in [0.4, 0.5) is 5.69 Å². The molecule has 29 heavy (non-hydrogen) atoms. The van der Waals surface area contributed by atoms with Crippen molar-refractivity contribution in [2.24, 2.45) is 0 Å². The van der Waals surface area contributed by atoms with Crippen molar-refractivity contribution in [2.45, 2.75) is 6.92 Å². The summed E-state index contributed by atoms with van der Waals surface area (Å²) in [6, 6.07) is 10.2. The molecule has 0 saturated heterocycles. The van der Waals surface area contributed by atoms with Crippen LogP contribution in [0.3, 0.4) is 0 Å². The molecule has 0 aromatic heterocycles. The highest BCUT2D eigenvalue weighted by Gasteiger charge is 2.16. The zero-order chi connectivity index (χ0) is 20.8. The summed E-state index contributed by atoms with van der Waals surface area (Å²) in [4.78, 5) is 12.6. The van der Waals surface area contributed by atoms with Crippen LogP contribution < -0.4 is 24.3 Å². The fraction of sp³-hybridized carbons (Fsp3) is 0.238. The average molecular weight is 415 g/mol. The molecule has 2 aromatic rings. The van der Waals surface area contributed by atoms with Gasteiger partial charge in [-0.2, -0.15) is 5.26 Å². The van der Waals surface area contributed by atoms with Crippen LogP contribution in [0.25, 0.3) is 6.08 Å². The minimum Gasteiger partial charge on any atom is -0.491 e. The molecule has 0 radical (unpaired) electrons. The Morgan fingerprint density at radius 1 is 1.28 bits per heavy atom. The van der Waals surface area contributed by atoms with Gasteiger partial charge in [0.1, 0.15) is 24.9 Å². The lowest BCUT2D eigenvalue weighted by molar-refractivity contribution is -0.112. The standard InChI is InChI=1S/C21H19ClN2O5/c1-3-27-19-10-13(9-16(22)20(19)26-2)8-14(12-23)21(25)24-15-4-5-17-18(11-15)29-7-6-28-17/h4-5,8-11H,3,6-7H2,1-2H3,(H,24,25)/b14-8+. The summed E-state index contributed by atoms with van der Waals surface area (Å²) in [5.41, 5.74) is 0.930. The Balaban J connectivity index is 1.84. The van der Waals surface area contributed by atoms with Crippen LogP contribution in [0.5, 0.6) is 23.0 Å². The molecule has 0 spiro atoms. The van der Waals surface area contributed by atoms with E-state index >= 15 is 0 Å². The largest absolute Gasteiger partial charge is 0.491 e. The Hall–Kier alpha value is -3.37. The normalized spacial score (nSPS) is 12.7. The number of hydrogen-bond acceptors (Lipinski definition) is 6. The van der Waals surface area contributed by atoms with Gasteiger partial charge in [0.25, 0.3) is 5.91 Å². The number of ether oxygens (including phenoxy) is 4. The number of nitriles is 1. The van der Waals surface area contributed by atoms with E-state index in [-0.39, 0.29) is 5.57 Å². The summed E-state index contributed by atoms with van der Waals surface area (Å²) in [7, 11) is 1.49. The summed E-state index contributed by atoms with van der Waals surface area (Å²) < 4.78 is 21.7. The smallest absolute Gasteiger partial charge is 0.266 e. The maximum atomic E-state index is 12.6. The lowest BCUT2D eigenvalue weighted by Crippen LogP contribution is -2.17. The Kier molecular flexibility index (Phi) is 6.47. The first-order valence-electron chi connectivity index (χ1n) is 8.88. The lowest BCUT2D eigenvalue weighted by Gasteiger charge is -2.19. The third-order valence-electron chi connectivity index (χ3n) is 4.01. The van der Waals surface area contributed by atoms with Gasteiger partial charge in [-0.25, -0.2) is 0 Å². The number of hydrogen-bond donors (Lipinski definition) is 1. The van der Waals surface area contributed by atoms with E-state index in [1.165, 1.54) is 13.2 Å². The minimum atomic E-state index is -0.561. The van der Waals surface area contributed by atoms with Gasteiger partial charge in [0.15, 0.2) is 23.0 Å². The van der Waals surface area contributed by atoms with Crippen molar-refractivity contribution in [2.75, 3.05) is 32.2 Å². The summed E-state index contributed by atoms with van der Waals surface area (Å²) in [6.45, 7) is 3.16. The zero-order valence-corrected chi connectivity index (χ0v) is 16.7. The molecule has 0 unspecified atom stereocenters. The minimum absolute atomic E-state index is 0.0939. The van der Waals surface area contributed by atoms with E-state index in [0.29, 0.717) is 59.1 Å². The molecule has 8 heteroatoms. The number of amides is 1. The van der Waals surface area contributed by atoms with Crippen molar-refractivity contribution in [3.8, 4) is 29.1 Å². The van der Waals surface area contributed by atoms with Gasteiger partial charge < -0.3 is 24.3 Å². The first-order chi connectivity index (χ1) is 14.0. The number of benzene rings is 2. The molecule has 0 saturated carbocycles. The molecule has 2 aromatic carbocycles. The van der Waals surface area contributed by atoms with Gasteiger partial charge in [-0.05, 0) is 42.8 Å². The van der Waals surface area contributed by atoms with Crippen LogP contribution in [0.15, 0.2) is 35.9 Å². The lowest BCUT2D eigenvalue weighted by atomic mass is 10.1. The van der Waals surface area contributed by atoms with E-state index in [2.05, 4.69) is 5.32 Å². The van der Waals surface area contributed by atoms with Gasteiger partial charge in [0.05, 0.1) is 18.7 Å². The van der Waals surface area contributed by atoms with E-state index in [9.17, 15) is 10.1 Å². The second kappa shape index (κ2) is 9.22. The molecule has 1 N–H and O–H groups in total. The van der Waals surface area contributed by atoms with Crippen LogP contribution in [-0.2, 0) is 4.79 Å². The second-order valence-electron chi connectivity index (χ2n) is 5.95. The van der Waals surface area contributed by atoms with Gasteiger partial charge in [-0.15, -0.1) is 0 Å². The van der Waals surface area contributed by atoms with Crippen LogP contribution in [-0.4, -0.2) is 32.8 Å². The third kappa shape index (κ3) is 4.73. The van der Waals surface area contributed by atoms with Gasteiger partial charge in [0, 0.05) is 11.8 Å². The maximum absolute atomic E-state index is 12.6. The SMILES string of the molecule is CCOc1cc(/C=C(\C#N)C(=O)Nc2ccc3c(c2)OCCO3)cc(Cl)c1OC. The first kappa shape index (κ1) is 20.4. The van der Waals surface area contributed by atoms with Crippen LogP contribution in [0.1, 0.15) is 12.5 Å². The fourth-order valence-electron chi connectivity index (χ4n) is 2.77. The number of nitrogens with zero attached hydrogens (tertiary/aromatic N) is 1.